The van der Waals surface area contributed by atoms with Crippen LogP contribution < -0.4 is 0 Å². The van der Waals surface area contributed by atoms with Gasteiger partial charge in [0.1, 0.15) is 0 Å². The van der Waals surface area contributed by atoms with Crippen LogP contribution in [0.1, 0.15) is 13.8 Å². The molecule has 1 fully saturated rings. The molecule has 0 aromatic heterocycles. The van der Waals surface area contributed by atoms with E-state index in [0.717, 1.165) is 5.69 Å². The summed E-state index contributed by atoms with van der Waals surface area (Å²) in [6.45, 7) is 4.30. The first kappa shape index (κ1) is 8.23. The van der Waals surface area contributed by atoms with Crippen molar-refractivity contribution in [3.05, 3.63) is 30.3 Å². The topological polar surface area (TPSA) is 27.7 Å². The molecule has 0 unspecified atom stereocenters. The van der Waals surface area contributed by atoms with Crippen LogP contribution in [0.2, 0.25) is 0 Å². The van der Waals surface area contributed by atoms with E-state index in [1.54, 1.807) is 0 Å². The van der Waals surface area contributed by atoms with Crippen molar-refractivity contribution in [3.63, 3.8) is 0 Å². The lowest BCUT2D eigenvalue weighted by Crippen LogP contribution is -1.85. The molecule has 1 aliphatic rings. The van der Waals surface area contributed by atoms with Crippen LogP contribution in [0.15, 0.2) is 40.7 Å². The molecular weight excluding hydrogens is 162 g/mol. The predicted molar refractivity (Wildman–Crippen MR) is 51.7 cm³/mol. The van der Waals surface area contributed by atoms with Crippen LogP contribution in [0.25, 0.3) is 0 Å². The van der Waals surface area contributed by atoms with Crippen LogP contribution in [0.5, 0.6) is 0 Å². The third-order valence-electron chi connectivity index (χ3n) is 2.46. The first-order chi connectivity index (χ1) is 6.29. The number of nitrogens with zero attached hydrogens (tertiary/aromatic N) is 3. The molecule has 1 heterocycles. The van der Waals surface area contributed by atoms with Gasteiger partial charge in [0, 0.05) is 0 Å². The molecule has 0 radical (unpaired) electrons. The van der Waals surface area contributed by atoms with Gasteiger partial charge >= 0.3 is 0 Å². The van der Waals surface area contributed by atoms with E-state index in [4.69, 9.17) is 0 Å². The second-order valence-electron chi connectivity index (χ2n) is 3.39. The van der Waals surface area contributed by atoms with Gasteiger partial charge in [0.15, 0.2) is 0 Å². The Bertz CT molecular complexity index is 299. The van der Waals surface area contributed by atoms with Gasteiger partial charge in [0.05, 0.1) is 17.8 Å². The van der Waals surface area contributed by atoms with Crippen molar-refractivity contribution in [2.24, 2.45) is 10.3 Å². The zero-order chi connectivity index (χ0) is 9.26. The molecule has 13 heavy (non-hydrogen) atoms. The van der Waals surface area contributed by atoms with Gasteiger partial charge in [-0.3, -0.25) is 5.01 Å². The van der Waals surface area contributed by atoms with Crippen LogP contribution >= 0.6 is 0 Å². The molecule has 2 atom stereocenters. The Morgan fingerprint density at radius 2 is 1.69 bits per heavy atom. The van der Waals surface area contributed by atoms with Crippen molar-refractivity contribution in [2.45, 2.75) is 25.9 Å². The zero-order valence-electron chi connectivity index (χ0n) is 7.88. The third kappa shape index (κ3) is 1.69. The molecule has 1 aliphatic heterocycles. The largest absolute Gasteiger partial charge is 0.269 e. The highest BCUT2D eigenvalue weighted by molar-refractivity contribution is 5.34. The fourth-order valence-electron chi connectivity index (χ4n) is 1.25. The molecule has 0 amide bonds. The zero-order valence-corrected chi connectivity index (χ0v) is 7.88. The first-order valence-electron chi connectivity index (χ1n) is 4.54. The van der Waals surface area contributed by atoms with Gasteiger partial charge in [0.2, 0.25) is 0 Å². The standard InChI is InChI=1S/C10H13N3/c1-8-9(2)13(8)12-11-10-6-4-3-5-7-10/h3-9H,1-2H3/t8-,9-/m0/s1. The van der Waals surface area contributed by atoms with Crippen molar-refractivity contribution < 1.29 is 0 Å². The van der Waals surface area contributed by atoms with Crippen molar-refractivity contribution in [3.8, 4) is 0 Å². The normalized spacial score (nSPS) is 26.8. The lowest BCUT2D eigenvalue weighted by Gasteiger charge is -1.92. The van der Waals surface area contributed by atoms with E-state index < -0.39 is 0 Å². The predicted octanol–water partition coefficient (Wildman–Crippen LogP) is 2.78. The third-order valence-corrected chi connectivity index (χ3v) is 2.46. The lowest BCUT2D eigenvalue weighted by atomic mass is 10.3. The van der Waals surface area contributed by atoms with Crippen molar-refractivity contribution in [1.82, 2.24) is 5.01 Å². The van der Waals surface area contributed by atoms with Crippen molar-refractivity contribution >= 4 is 5.69 Å². The van der Waals surface area contributed by atoms with Crippen LogP contribution in [-0.4, -0.2) is 17.1 Å². The molecule has 3 nitrogen and oxygen atoms in total. The monoisotopic (exact) mass is 175 g/mol. The average Bonchev–Trinajstić information content (AvgIpc) is 2.73. The molecule has 2 rings (SSSR count). The summed E-state index contributed by atoms with van der Waals surface area (Å²) in [6.07, 6.45) is 0. The Balaban J connectivity index is 1.99. The van der Waals surface area contributed by atoms with Gasteiger partial charge in [-0.25, -0.2) is 0 Å². The Morgan fingerprint density at radius 3 is 2.23 bits per heavy atom. The van der Waals surface area contributed by atoms with E-state index in [1.165, 1.54) is 0 Å². The van der Waals surface area contributed by atoms with Gasteiger partial charge in [-0.1, -0.05) is 23.4 Å². The van der Waals surface area contributed by atoms with Gasteiger partial charge in [-0.15, -0.1) is 5.11 Å². The van der Waals surface area contributed by atoms with E-state index in [2.05, 4.69) is 24.2 Å². The summed E-state index contributed by atoms with van der Waals surface area (Å²) in [5.74, 6) is 0. The molecule has 3 heteroatoms. The molecular formula is C10H13N3. The van der Waals surface area contributed by atoms with E-state index in [-0.39, 0.29) is 0 Å². The highest BCUT2D eigenvalue weighted by Gasteiger charge is 2.39. The molecule has 0 bridgehead atoms. The lowest BCUT2D eigenvalue weighted by molar-refractivity contribution is 0.494. The van der Waals surface area contributed by atoms with E-state index in [9.17, 15) is 0 Å². The fraction of sp³-hybridized carbons (Fsp3) is 0.400. The number of hydrogen-bond acceptors (Lipinski definition) is 2. The summed E-state index contributed by atoms with van der Waals surface area (Å²) in [4.78, 5) is 0. The fourth-order valence-corrected chi connectivity index (χ4v) is 1.25. The molecule has 1 aromatic carbocycles. The molecule has 0 spiro atoms. The van der Waals surface area contributed by atoms with Gasteiger partial charge in [-0.05, 0) is 26.0 Å². The molecule has 0 aliphatic carbocycles. The summed E-state index contributed by atoms with van der Waals surface area (Å²) < 4.78 is 0. The van der Waals surface area contributed by atoms with Crippen molar-refractivity contribution in [1.29, 1.82) is 0 Å². The summed E-state index contributed by atoms with van der Waals surface area (Å²) in [7, 11) is 0. The summed E-state index contributed by atoms with van der Waals surface area (Å²) in [6, 6.07) is 10.9. The van der Waals surface area contributed by atoms with Crippen molar-refractivity contribution in [2.75, 3.05) is 0 Å². The molecule has 0 saturated carbocycles. The van der Waals surface area contributed by atoms with E-state index >= 15 is 0 Å². The van der Waals surface area contributed by atoms with Gasteiger partial charge in [0.25, 0.3) is 0 Å². The maximum Gasteiger partial charge on any atom is 0.0874 e. The second kappa shape index (κ2) is 3.17. The van der Waals surface area contributed by atoms with Gasteiger partial charge in [-0.2, -0.15) is 0 Å². The minimum atomic E-state index is 0.549. The van der Waals surface area contributed by atoms with Crippen LogP contribution in [0.3, 0.4) is 0 Å². The quantitative estimate of drug-likeness (QED) is 0.501. The van der Waals surface area contributed by atoms with E-state index in [1.807, 2.05) is 35.3 Å². The Kier molecular flexibility index (Phi) is 2.00. The van der Waals surface area contributed by atoms with E-state index in [0.29, 0.717) is 12.1 Å². The summed E-state index contributed by atoms with van der Waals surface area (Å²) >= 11 is 0. The molecule has 68 valence electrons. The first-order valence-corrected chi connectivity index (χ1v) is 4.54. The van der Waals surface area contributed by atoms with Gasteiger partial charge < -0.3 is 0 Å². The highest BCUT2D eigenvalue weighted by Crippen LogP contribution is 2.28. The maximum atomic E-state index is 4.13. The number of hydrogen-bond donors (Lipinski definition) is 0. The maximum absolute atomic E-state index is 4.13. The molecule has 0 N–H and O–H groups in total. The van der Waals surface area contributed by atoms with Crippen LogP contribution in [0.4, 0.5) is 5.69 Å². The SMILES string of the molecule is C[C@H]1[C@H](C)N1N=Nc1ccccc1. The Morgan fingerprint density at radius 1 is 1.08 bits per heavy atom. The summed E-state index contributed by atoms with van der Waals surface area (Å²) in [5, 5.41) is 10.2. The number of benzene rings is 1. The second-order valence-corrected chi connectivity index (χ2v) is 3.39. The minimum Gasteiger partial charge on any atom is -0.269 e. The van der Waals surface area contributed by atoms with Crippen LogP contribution in [-0.2, 0) is 0 Å². The Labute approximate surface area is 78.1 Å². The molecule has 1 aromatic rings. The summed E-state index contributed by atoms with van der Waals surface area (Å²) in [5.41, 5.74) is 0.911. The van der Waals surface area contributed by atoms with Crippen LogP contribution in [0, 0.1) is 0 Å². The number of rotatable bonds is 2. The minimum absolute atomic E-state index is 0.549. The molecule has 1 saturated heterocycles. The smallest absolute Gasteiger partial charge is 0.0874 e. The Hall–Kier alpha value is -1.38. The highest BCUT2D eigenvalue weighted by atomic mass is 15.6. The average molecular weight is 175 g/mol.